The van der Waals surface area contributed by atoms with Crippen LogP contribution in [0.25, 0.3) is 17.1 Å². The van der Waals surface area contributed by atoms with Crippen molar-refractivity contribution in [2.45, 2.75) is 12.1 Å². The van der Waals surface area contributed by atoms with E-state index >= 15 is 0 Å². The van der Waals surface area contributed by atoms with Gasteiger partial charge in [-0.1, -0.05) is 65.3 Å². The summed E-state index contributed by atoms with van der Waals surface area (Å²) >= 11 is 7.25. The van der Waals surface area contributed by atoms with Crippen LogP contribution in [0.15, 0.2) is 83.1 Å². The third kappa shape index (κ3) is 5.92. The number of aryl methyl sites for hydroxylation is 1. The summed E-state index contributed by atoms with van der Waals surface area (Å²) in [6, 6.07) is 21.3. The molecule has 4 rings (SSSR count). The van der Waals surface area contributed by atoms with E-state index in [0.29, 0.717) is 16.0 Å². The molecule has 9 nitrogen and oxygen atoms in total. The van der Waals surface area contributed by atoms with Crippen LogP contribution in [-0.4, -0.2) is 37.6 Å². The number of nitrogens with zero attached hydrogens (tertiary/aromatic N) is 5. The number of carbonyl (C=O) groups is 1. The van der Waals surface area contributed by atoms with Crippen molar-refractivity contribution in [3.63, 3.8) is 0 Å². The van der Waals surface area contributed by atoms with E-state index in [0.717, 1.165) is 16.8 Å². The van der Waals surface area contributed by atoms with E-state index < -0.39 is 10.8 Å². The predicted octanol–water partition coefficient (Wildman–Crippen LogP) is 5.05. The minimum absolute atomic E-state index is 0.00778. The first-order chi connectivity index (χ1) is 16.9. The summed E-state index contributed by atoms with van der Waals surface area (Å²) in [4.78, 5) is 23.0. The Labute approximate surface area is 210 Å². The van der Waals surface area contributed by atoms with Crippen LogP contribution in [0.4, 0.5) is 5.69 Å². The number of hydrogen-bond donors (Lipinski definition) is 1. The number of amides is 1. The van der Waals surface area contributed by atoms with Gasteiger partial charge in [-0.05, 0) is 37.3 Å². The Morgan fingerprint density at radius 3 is 2.54 bits per heavy atom. The van der Waals surface area contributed by atoms with E-state index in [1.165, 1.54) is 24.0 Å². The lowest BCUT2D eigenvalue weighted by Gasteiger charge is -2.10. The molecule has 1 N–H and O–H groups in total. The molecule has 4 aromatic rings. The van der Waals surface area contributed by atoms with Crippen molar-refractivity contribution in [3.05, 3.63) is 99.1 Å². The van der Waals surface area contributed by atoms with Crippen LogP contribution in [0.3, 0.4) is 0 Å². The Morgan fingerprint density at radius 2 is 1.83 bits per heavy atom. The van der Waals surface area contributed by atoms with Gasteiger partial charge in [-0.2, -0.15) is 5.10 Å². The molecule has 0 aliphatic carbocycles. The van der Waals surface area contributed by atoms with Crippen molar-refractivity contribution in [2.24, 2.45) is 5.10 Å². The molecule has 0 bridgehead atoms. The second-order valence-corrected chi connectivity index (χ2v) is 8.76. The summed E-state index contributed by atoms with van der Waals surface area (Å²) in [5.74, 6) is 0.241. The summed E-state index contributed by atoms with van der Waals surface area (Å²) in [6.45, 7) is 2.01. The quantitative estimate of drug-likeness (QED) is 0.155. The van der Waals surface area contributed by atoms with Crippen molar-refractivity contribution in [1.29, 1.82) is 0 Å². The first kappa shape index (κ1) is 24.1. The topological polar surface area (TPSA) is 115 Å². The van der Waals surface area contributed by atoms with Crippen LogP contribution in [0.2, 0.25) is 5.02 Å². The lowest BCUT2D eigenvalue weighted by atomic mass is 10.1. The Kier molecular flexibility index (Phi) is 7.54. The van der Waals surface area contributed by atoms with Crippen LogP contribution in [0.5, 0.6) is 0 Å². The number of hydrogen-bond acceptors (Lipinski definition) is 7. The Morgan fingerprint density at radius 1 is 1.11 bits per heavy atom. The number of aromatic nitrogens is 3. The normalized spacial score (nSPS) is 11.0. The monoisotopic (exact) mass is 506 g/mol. The van der Waals surface area contributed by atoms with Gasteiger partial charge >= 0.3 is 0 Å². The molecule has 0 fully saturated rings. The van der Waals surface area contributed by atoms with Crippen molar-refractivity contribution in [2.75, 3.05) is 5.75 Å². The average molecular weight is 507 g/mol. The van der Waals surface area contributed by atoms with E-state index in [9.17, 15) is 14.9 Å². The zero-order valence-corrected chi connectivity index (χ0v) is 20.0. The smallest absolute Gasteiger partial charge is 0.272 e. The Hall–Kier alpha value is -4.02. The molecule has 11 heteroatoms. The van der Waals surface area contributed by atoms with E-state index in [1.54, 1.807) is 30.3 Å². The highest BCUT2D eigenvalue weighted by molar-refractivity contribution is 7.99. The molecule has 0 unspecified atom stereocenters. The fraction of sp³-hybridized carbons (Fsp3) is 0.0833. The van der Waals surface area contributed by atoms with Crippen molar-refractivity contribution in [3.8, 4) is 17.1 Å². The van der Waals surface area contributed by atoms with Gasteiger partial charge < -0.3 is 0 Å². The second kappa shape index (κ2) is 10.9. The van der Waals surface area contributed by atoms with Crippen molar-refractivity contribution >= 4 is 41.2 Å². The van der Waals surface area contributed by atoms with Crippen molar-refractivity contribution < 1.29 is 9.72 Å². The molecular formula is C24H19ClN6O3S. The summed E-state index contributed by atoms with van der Waals surface area (Å²) in [5.41, 5.74) is 5.38. The molecule has 0 aliphatic rings. The van der Waals surface area contributed by atoms with Crippen LogP contribution in [0.1, 0.15) is 11.1 Å². The predicted molar refractivity (Wildman–Crippen MR) is 136 cm³/mol. The van der Waals surface area contributed by atoms with Crippen LogP contribution < -0.4 is 5.43 Å². The maximum Gasteiger partial charge on any atom is 0.278 e. The molecule has 176 valence electrons. The number of hydrazone groups is 1. The maximum absolute atomic E-state index is 12.4. The third-order valence-corrected chi connectivity index (χ3v) is 6.07. The first-order valence-corrected chi connectivity index (χ1v) is 11.8. The lowest BCUT2D eigenvalue weighted by Crippen LogP contribution is -2.20. The fourth-order valence-electron chi connectivity index (χ4n) is 3.18. The first-order valence-electron chi connectivity index (χ1n) is 10.4. The van der Waals surface area contributed by atoms with Gasteiger partial charge in [-0.15, -0.1) is 10.2 Å². The third-order valence-electron chi connectivity index (χ3n) is 4.89. The van der Waals surface area contributed by atoms with Crippen LogP contribution >= 0.6 is 23.4 Å². The highest BCUT2D eigenvalue weighted by Gasteiger charge is 2.17. The van der Waals surface area contributed by atoms with Gasteiger partial charge in [-0.25, -0.2) is 5.43 Å². The molecule has 1 aromatic heterocycles. The van der Waals surface area contributed by atoms with Gasteiger partial charge in [0, 0.05) is 22.3 Å². The minimum Gasteiger partial charge on any atom is -0.272 e. The van der Waals surface area contributed by atoms with Crippen LogP contribution in [-0.2, 0) is 4.79 Å². The van der Waals surface area contributed by atoms with Gasteiger partial charge in [0.1, 0.15) is 0 Å². The second-order valence-electron chi connectivity index (χ2n) is 7.38. The van der Waals surface area contributed by atoms with E-state index in [2.05, 4.69) is 20.7 Å². The summed E-state index contributed by atoms with van der Waals surface area (Å²) in [6.07, 6.45) is 1.24. The van der Waals surface area contributed by atoms with E-state index in [-0.39, 0.29) is 17.0 Å². The van der Waals surface area contributed by atoms with E-state index in [4.69, 9.17) is 11.6 Å². The minimum atomic E-state index is -0.506. The highest BCUT2D eigenvalue weighted by Crippen LogP contribution is 2.28. The average Bonchev–Trinajstić information content (AvgIpc) is 3.28. The molecule has 1 heterocycles. The van der Waals surface area contributed by atoms with E-state index in [1.807, 2.05) is 47.9 Å². The Bertz CT molecular complexity index is 1390. The fourth-order valence-corrected chi connectivity index (χ4v) is 4.05. The molecule has 35 heavy (non-hydrogen) atoms. The number of rotatable bonds is 8. The van der Waals surface area contributed by atoms with Crippen molar-refractivity contribution in [1.82, 2.24) is 20.2 Å². The molecular weight excluding hydrogens is 488 g/mol. The zero-order chi connectivity index (χ0) is 24.8. The molecule has 0 saturated heterocycles. The number of benzene rings is 3. The summed E-state index contributed by atoms with van der Waals surface area (Å²) in [5, 5.41) is 24.7. The van der Waals surface area contributed by atoms with Gasteiger partial charge in [-0.3, -0.25) is 19.5 Å². The maximum atomic E-state index is 12.4. The number of nitro groups is 1. The largest absolute Gasteiger partial charge is 0.278 e. The Balaban J connectivity index is 1.51. The number of nitro benzene ring substituents is 1. The number of nitrogens with one attached hydrogen (secondary N) is 1. The highest BCUT2D eigenvalue weighted by atomic mass is 35.5. The molecule has 0 radical (unpaired) electrons. The molecule has 0 aliphatic heterocycles. The van der Waals surface area contributed by atoms with Gasteiger partial charge in [0.15, 0.2) is 11.0 Å². The number of halogens is 1. The molecule has 0 saturated carbocycles. The van der Waals surface area contributed by atoms with Gasteiger partial charge in [0.25, 0.3) is 11.6 Å². The SMILES string of the molecule is Cc1ccc(-c2nnc(SCC(=O)NN=Cc3ccccc3[N+](=O)[O-])n2-c2ccc(Cl)cc2)cc1. The molecule has 0 atom stereocenters. The van der Waals surface area contributed by atoms with Gasteiger partial charge in [0.05, 0.1) is 22.5 Å². The molecule has 0 spiro atoms. The van der Waals surface area contributed by atoms with Gasteiger partial charge in [0.2, 0.25) is 0 Å². The summed E-state index contributed by atoms with van der Waals surface area (Å²) < 4.78 is 1.86. The number of carbonyl (C=O) groups excluding carboxylic acids is 1. The number of para-hydroxylation sites is 1. The number of thioether (sulfide) groups is 1. The standard InChI is InChI=1S/C24H19ClN6O3S/c1-16-6-8-17(9-7-16)23-28-29-24(30(23)20-12-10-19(25)11-13-20)35-15-22(32)27-26-14-18-4-2-3-5-21(18)31(33)34/h2-14H,15H2,1H3,(H,27,32). The summed E-state index contributed by atoms with van der Waals surface area (Å²) in [7, 11) is 0. The molecule has 1 amide bonds. The van der Waals surface area contributed by atoms with Crippen LogP contribution in [0, 0.1) is 17.0 Å². The zero-order valence-electron chi connectivity index (χ0n) is 18.5. The lowest BCUT2D eigenvalue weighted by molar-refractivity contribution is -0.385. The molecule has 3 aromatic carbocycles.